The highest BCUT2D eigenvalue weighted by Gasteiger charge is 2.36. The number of carbonyl (C=O) groups is 3. The Morgan fingerprint density at radius 3 is 2.52 bits per heavy atom. The number of halogens is 1. The Kier molecular flexibility index (Phi) is 5.10. The van der Waals surface area contributed by atoms with Crippen LogP contribution in [0, 0.1) is 5.82 Å². The molecule has 0 atom stereocenters. The van der Waals surface area contributed by atoms with Crippen LogP contribution >= 0.6 is 0 Å². The molecule has 1 aliphatic rings. The summed E-state index contributed by atoms with van der Waals surface area (Å²) < 4.78 is 21.3. The van der Waals surface area contributed by atoms with Crippen molar-refractivity contribution >= 4 is 34.8 Å². The number of barbiturate groups is 1. The van der Waals surface area contributed by atoms with E-state index in [9.17, 15) is 18.8 Å². The molecule has 0 aliphatic carbocycles. The molecule has 1 aliphatic heterocycles. The largest absolute Gasteiger partial charge is 0.467 e. The first-order valence-electron chi connectivity index (χ1n) is 10.2. The van der Waals surface area contributed by atoms with Crippen LogP contribution in [0.4, 0.5) is 9.18 Å². The zero-order valence-corrected chi connectivity index (χ0v) is 17.3. The summed E-state index contributed by atoms with van der Waals surface area (Å²) in [5.41, 5.74) is 1.77. The molecule has 7 nitrogen and oxygen atoms in total. The van der Waals surface area contributed by atoms with Crippen molar-refractivity contribution in [3.05, 3.63) is 101 Å². The molecule has 2 aromatic carbocycles. The number of amides is 4. The minimum Gasteiger partial charge on any atom is -0.467 e. The molecule has 8 heteroatoms. The number of aromatic nitrogens is 1. The number of rotatable bonds is 5. The van der Waals surface area contributed by atoms with Gasteiger partial charge in [0.15, 0.2) is 0 Å². The van der Waals surface area contributed by atoms with Crippen LogP contribution in [-0.4, -0.2) is 27.3 Å². The molecule has 0 spiro atoms. The molecule has 1 fully saturated rings. The van der Waals surface area contributed by atoms with Gasteiger partial charge in [-0.05, 0) is 30.3 Å². The quantitative estimate of drug-likeness (QED) is 0.372. The van der Waals surface area contributed by atoms with E-state index in [0.29, 0.717) is 16.9 Å². The number of hydrogen-bond acceptors (Lipinski definition) is 4. The number of imide groups is 2. The van der Waals surface area contributed by atoms with E-state index in [1.165, 1.54) is 18.4 Å². The number of furan rings is 1. The number of carbonyl (C=O) groups excluding carboxylic acids is 3. The van der Waals surface area contributed by atoms with E-state index >= 15 is 0 Å². The van der Waals surface area contributed by atoms with Gasteiger partial charge in [-0.2, -0.15) is 0 Å². The smallest absolute Gasteiger partial charge is 0.331 e. The maximum atomic E-state index is 14.2. The van der Waals surface area contributed by atoms with Crippen LogP contribution in [0.1, 0.15) is 16.9 Å². The third-order valence-corrected chi connectivity index (χ3v) is 5.50. The van der Waals surface area contributed by atoms with Crippen molar-refractivity contribution in [1.82, 2.24) is 14.8 Å². The lowest BCUT2D eigenvalue weighted by Crippen LogP contribution is -2.53. The maximum absolute atomic E-state index is 14.2. The average molecular weight is 443 g/mol. The number of hydrogen-bond donors (Lipinski definition) is 1. The average Bonchev–Trinajstić information content (AvgIpc) is 3.44. The Labute approximate surface area is 187 Å². The molecule has 3 heterocycles. The van der Waals surface area contributed by atoms with Gasteiger partial charge < -0.3 is 8.98 Å². The summed E-state index contributed by atoms with van der Waals surface area (Å²) in [6, 6.07) is 16.4. The lowest BCUT2D eigenvalue weighted by atomic mass is 10.1. The Morgan fingerprint density at radius 2 is 1.73 bits per heavy atom. The van der Waals surface area contributed by atoms with Gasteiger partial charge in [-0.25, -0.2) is 9.18 Å². The predicted molar refractivity (Wildman–Crippen MR) is 118 cm³/mol. The molecule has 4 amide bonds. The van der Waals surface area contributed by atoms with Crippen LogP contribution < -0.4 is 5.32 Å². The van der Waals surface area contributed by atoms with Gasteiger partial charge in [0.2, 0.25) is 0 Å². The van der Waals surface area contributed by atoms with Gasteiger partial charge in [-0.3, -0.25) is 19.8 Å². The minimum absolute atomic E-state index is 0.0999. The maximum Gasteiger partial charge on any atom is 0.331 e. The number of nitrogens with one attached hydrogen (secondary N) is 1. The summed E-state index contributed by atoms with van der Waals surface area (Å²) in [4.78, 5) is 38.7. The molecule has 1 saturated heterocycles. The standard InChI is InChI=1S/C25H18FN3O4/c26-21-9-3-1-6-16(21)13-28-14-17(19-8-2-4-10-22(19)28)12-20-23(30)27-25(32)29(24(20)31)15-18-7-5-11-33-18/h1-12,14H,13,15H2,(H,27,30,32). The molecule has 164 valence electrons. The highest BCUT2D eigenvalue weighted by Crippen LogP contribution is 2.26. The van der Waals surface area contributed by atoms with Gasteiger partial charge in [0.25, 0.3) is 11.8 Å². The third kappa shape index (κ3) is 3.82. The van der Waals surface area contributed by atoms with E-state index in [-0.39, 0.29) is 24.5 Å². The fourth-order valence-corrected chi connectivity index (χ4v) is 3.88. The SMILES string of the molecule is O=C1NC(=O)N(Cc2ccco2)C(=O)C1=Cc1cn(Cc2ccccc2F)c2ccccc12. The van der Waals surface area contributed by atoms with Crippen LogP contribution in [0.25, 0.3) is 17.0 Å². The molecule has 0 bridgehead atoms. The van der Waals surface area contributed by atoms with E-state index in [2.05, 4.69) is 5.32 Å². The second kappa shape index (κ2) is 8.23. The number of nitrogens with zero attached hydrogens (tertiary/aromatic N) is 2. The first kappa shape index (κ1) is 20.4. The van der Waals surface area contributed by atoms with Crippen molar-refractivity contribution in [3.63, 3.8) is 0 Å². The molecule has 0 radical (unpaired) electrons. The van der Waals surface area contributed by atoms with Crippen molar-refractivity contribution in [2.45, 2.75) is 13.1 Å². The molecule has 33 heavy (non-hydrogen) atoms. The Bertz CT molecular complexity index is 1420. The Hall–Kier alpha value is -4.46. The van der Waals surface area contributed by atoms with Crippen molar-refractivity contribution in [2.24, 2.45) is 0 Å². The Morgan fingerprint density at radius 1 is 0.939 bits per heavy atom. The Balaban J connectivity index is 1.54. The normalized spacial score (nSPS) is 15.5. The highest BCUT2D eigenvalue weighted by atomic mass is 19.1. The van der Waals surface area contributed by atoms with Crippen molar-refractivity contribution in [3.8, 4) is 0 Å². The minimum atomic E-state index is -0.805. The summed E-state index contributed by atoms with van der Waals surface area (Å²) >= 11 is 0. The van der Waals surface area contributed by atoms with Crippen molar-refractivity contribution in [2.75, 3.05) is 0 Å². The van der Waals surface area contributed by atoms with Gasteiger partial charge in [0.1, 0.15) is 17.2 Å². The van der Waals surface area contributed by atoms with E-state index in [4.69, 9.17) is 4.42 Å². The molecule has 5 rings (SSSR count). The topological polar surface area (TPSA) is 84.6 Å². The highest BCUT2D eigenvalue weighted by molar-refractivity contribution is 6.31. The van der Waals surface area contributed by atoms with Crippen LogP contribution in [0.5, 0.6) is 0 Å². The van der Waals surface area contributed by atoms with E-state index in [1.807, 2.05) is 28.8 Å². The second-order valence-corrected chi connectivity index (χ2v) is 7.61. The summed E-state index contributed by atoms with van der Waals surface area (Å²) in [7, 11) is 0. The zero-order chi connectivity index (χ0) is 22.9. The molecule has 0 unspecified atom stereocenters. The molecule has 4 aromatic rings. The van der Waals surface area contributed by atoms with Crippen LogP contribution in [-0.2, 0) is 22.7 Å². The number of benzene rings is 2. The third-order valence-electron chi connectivity index (χ3n) is 5.50. The van der Waals surface area contributed by atoms with Gasteiger partial charge >= 0.3 is 6.03 Å². The number of fused-ring (bicyclic) bond motifs is 1. The van der Waals surface area contributed by atoms with Gasteiger partial charge in [0.05, 0.1) is 19.4 Å². The molecular weight excluding hydrogens is 425 g/mol. The lowest BCUT2D eigenvalue weighted by Gasteiger charge is -2.25. The fourth-order valence-electron chi connectivity index (χ4n) is 3.88. The van der Waals surface area contributed by atoms with Crippen molar-refractivity contribution in [1.29, 1.82) is 0 Å². The van der Waals surface area contributed by atoms with E-state index in [0.717, 1.165) is 15.8 Å². The molecule has 1 N–H and O–H groups in total. The lowest BCUT2D eigenvalue weighted by molar-refractivity contribution is -0.130. The monoisotopic (exact) mass is 443 g/mol. The molecule has 0 saturated carbocycles. The number of urea groups is 1. The van der Waals surface area contributed by atoms with Gasteiger partial charge in [-0.15, -0.1) is 0 Å². The predicted octanol–water partition coefficient (Wildman–Crippen LogP) is 4.08. The summed E-state index contributed by atoms with van der Waals surface area (Å²) in [6.45, 7) is 0.178. The van der Waals surface area contributed by atoms with Gasteiger partial charge in [-0.1, -0.05) is 36.4 Å². The van der Waals surface area contributed by atoms with E-state index in [1.54, 1.807) is 36.5 Å². The van der Waals surface area contributed by atoms with Gasteiger partial charge in [0, 0.05) is 28.2 Å². The second-order valence-electron chi connectivity index (χ2n) is 7.61. The first-order valence-corrected chi connectivity index (χ1v) is 10.2. The zero-order valence-electron chi connectivity index (χ0n) is 17.3. The summed E-state index contributed by atoms with van der Waals surface area (Å²) in [5, 5.41) is 2.99. The van der Waals surface area contributed by atoms with Crippen LogP contribution in [0.15, 0.2) is 83.1 Å². The molecule has 2 aromatic heterocycles. The first-order chi connectivity index (χ1) is 16.0. The summed E-state index contributed by atoms with van der Waals surface area (Å²) in [5.74, 6) is -1.39. The van der Waals surface area contributed by atoms with Crippen LogP contribution in [0.3, 0.4) is 0 Å². The fraction of sp³-hybridized carbons (Fsp3) is 0.0800. The molecular formula is C25H18FN3O4. The van der Waals surface area contributed by atoms with Crippen molar-refractivity contribution < 1.29 is 23.2 Å². The number of para-hydroxylation sites is 1. The summed E-state index contributed by atoms with van der Waals surface area (Å²) in [6.07, 6.45) is 4.66. The van der Waals surface area contributed by atoms with E-state index < -0.39 is 17.8 Å². The van der Waals surface area contributed by atoms with Crippen LogP contribution in [0.2, 0.25) is 0 Å².